The largest absolute Gasteiger partial charge is 0.350 e. The monoisotopic (exact) mass is 299 g/mol. The van der Waals surface area contributed by atoms with Crippen molar-refractivity contribution in [3.63, 3.8) is 0 Å². The molecule has 0 spiro atoms. The van der Waals surface area contributed by atoms with E-state index in [0.717, 1.165) is 30.7 Å². The van der Waals surface area contributed by atoms with E-state index in [9.17, 15) is 4.79 Å². The molecule has 5 nitrogen and oxygen atoms in total. The second kappa shape index (κ2) is 6.30. The molecule has 5 heteroatoms. The maximum atomic E-state index is 12.2. The Kier molecular flexibility index (Phi) is 4.22. The van der Waals surface area contributed by atoms with Crippen LogP contribution >= 0.6 is 0 Å². The van der Waals surface area contributed by atoms with Gasteiger partial charge in [0.25, 0.3) is 5.91 Å². The van der Waals surface area contributed by atoms with Gasteiger partial charge < -0.3 is 9.84 Å². The second-order valence-electron chi connectivity index (χ2n) is 5.95. The molecule has 1 amide bonds. The predicted octanol–water partition coefficient (Wildman–Crippen LogP) is 3.53. The Hall–Kier alpha value is -2.17. The summed E-state index contributed by atoms with van der Waals surface area (Å²) in [6, 6.07) is 7.52. The molecule has 2 aromatic rings. The molecule has 0 aliphatic heterocycles. The molecule has 1 fully saturated rings. The quantitative estimate of drug-likeness (QED) is 0.917. The number of rotatable bonds is 5. The van der Waals surface area contributed by atoms with E-state index >= 15 is 0 Å². The highest BCUT2D eigenvalue weighted by Crippen LogP contribution is 2.35. The average Bonchev–Trinajstić information content (AvgIpc) is 2.94. The molecule has 1 aliphatic carbocycles. The van der Waals surface area contributed by atoms with Gasteiger partial charge in [-0.25, -0.2) is 0 Å². The van der Waals surface area contributed by atoms with Crippen LogP contribution in [-0.2, 0) is 0 Å². The fourth-order valence-corrected chi connectivity index (χ4v) is 2.38. The van der Waals surface area contributed by atoms with Crippen LogP contribution in [0.2, 0.25) is 0 Å². The average molecular weight is 299 g/mol. The van der Waals surface area contributed by atoms with Gasteiger partial charge in [0.1, 0.15) is 0 Å². The first kappa shape index (κ1) is 14.8. The lowest BCUT2D eigenvalue weighted by Crippen LogP contribution is -2.31. The van der Waals surface area contributed by atoms with Crippen LogP contribution in [0.15, 0.2) is 28.8 Å². The topological polar surface area (TPSA) is 68.0 Å². The van der Waals surface area contributed by atoms with Crippen molar-refractivity contribution < 1.29 is 9.32 Å². The zero-order valence-electron chi connectivity index (χ0n) is 13.0. The zero-order chi connectivity index (χ0) is 15.5. The fourth-order valence-electron chi connectivity index (χ4n) is 2.38. The molecule has 0 bridgehead atoms. The van der Waals surface area contributed by atoms with Gasteiger partial charge >= 0.3 is 0 Å². The molecule has 1 heterocycles. The van der Waals surface area contributed by atoms with Crippen LogP contribution in [0, 0.1) is 0 Å². The molecule has 1 saturated carbocycles. The Balaban J connectivity index is 1.78. The van der Waals surface area contributed by atoms with Gasteiger partial charge in [0, 0.05) is 23.1 Å². The predicted molar refractivity (Wildman–Crippen MR) is 83.5 cm³/mol. The number of nitrogens with zero attached hydrogens (tertiary/aromatic N) is 2. The van der Waals surface area contributed by atoms with Gasteiger partial charge in [-0.15, -0.1) is 0 Å². The van der Waals surface area contributed by atoms with Crippen molar-refractivity contribution in [2.24, 2.45) is 0 Å². The first-order valence-electron chi connectivity index (χ1n) is 7.92. The lowest BCUT2D eigenvalue weighted by atomic mass is 9.85. The molecule has 1 N–H and O–H groups in total. The van der Waals surface area contributed by atoms with Crippen molar-refractivity contribution in [2.75, 3.05) is 0 Å². The molecule has 0 saturated heterocycles. The summed E-state index contributed by atoms with van der Waals surface area (Å²) in [5.74, 6) is 1.62. The summed E-state index contributed by atoms with van der Waals surface area (Å²) in [5, 5.41) is 7.01. The summed E-state index contributed by atoms with van der Waals surface area (Å²) in [6.45, 7) is 4.04. The van der Waals surface area contributed by atoms with Crippen molar-refractivity contribution in [1.29, 1.82) is 0 Å². The molecule has 1 aromatic heterocycles. The number of hydrogen-bond donors (Lipinski definition) is 1. The van der Waals surface area contributed by atoms with Crippen LogP contribution in [-0.4, -0.2) is 22.1 Å². The maximum Gasteiger partial charge on any atom is 0.251 e. The highest BCUT2D eigenvalue weighted by Gasteiger charge is 2.25. The minimum Gasteiger partial charge on any atom is -0.350 e. The first-order chi connectivity index (χ1) is 10.7. The SMILES string of the molecule is CCC(C)NC(=O)c1cccc(-c2noc(C3CCC3)n2)c1. The minimum atomic E-state index is -0.0705. The number of carbonyl (C=O) groups is 1. The highest BCUT2D eigenvalue weighted by molar-refractivity contribution is 5.95. The third-order valence-corrected chi connectivity index (χ3v) is 4.27. The molecule has 116 valence electrons. The maximum absolute atomic E-state index is 12.2. The smallest absolute Gasteiger partial charge is 0.251 e. The summed E-state index contributed by atoms with van der Waals surface area (Å²) in [7, 11) is 0. The summed E-state index contributed by atoms with van der Waals surface area (Å²) >= 11 is 0. The van der Waals surface area contributed by atoms with Crippen LogP contribution in [0.25, 0.3) is 11.4 Å². The van der Waals surface area contributed by atoms with E-state index in [1.807, 2.05) is 32.0 Å². The van der Waals surface area contributed by atoms with Crippen molar-refractivity contribution in [3.8, 4) is 11.4 Å². The third-order valence-electron chi connectivity index (χ3n) is 4.27. The van der Waals surface area contributed by atoms with Gasteiger partial charge in [0.05, 0.1) is 0 Å². The summed E-state index contributed by atoms with van der Waals surface area (Å²) in [4.78, 5) is 16.7. The fraction of sp³-hybridized carbons (Fsp3) is 0.471. The lowest BCUT2D eigenvalue weighted by molar-refractivity contribution is 0.0939. The van der Waals surface area contributed by atoms with Gasteiger partial charge in [-0.1, -0.05) is 30.6 Å². The summed E-state index contributed by atoms with van der Waals surface area (Å²) in [6.07, 6.45) is 4.38. The van der Waals surface area contributed by atoms with Crippen LogP contribution in [0.1, 0.15) is 61.7 Å². The van der Waals surface area contributed by atoms with Crippen molar-refractivity contribution >= 4 is 5.91 Å². The van der Waals surface area contributed by atoms with Crippen molar-refractivity contribution in [1.82, 2.24) is 15.5 Å². The van der Waals surface area contributed by atoms with E-state index in [4.69, 9.17) is 4.52 Å². The van der Waals surface area contributed by atoms with Crippen LogP contribution in [0.5, 0.6) is 0 Å². The van der Waals surface area contributed by atoms with E-state index in [0.29, 0.717) is 17.3 Å². The molecule has 1 aromatic carbocycles. The standard InChI is InChI=1S/C17H21N3O2/c1-3-11(2)18-16(21)14-9-5-8-13(10-14)15-19-17(22-20-15)12-6-4-7-12/h5,8-12H,3-4,6-7H2,1-2H3,(H,18,21). The van der Waals surface area contributed by atoms with Gasteiger partial charge in [0.15, 0.2) is 0 Å². The zero-order valence-corrected chi connectivity index (χ0v) is 13.0. The second-order valence-corrected chi connectivity index (χ2v) is 5.95. The van der Waals surface area contributed by atoms with Crippen LogP contribution < -0.4 is 5.32 Å². The normalized spacial score (nSPS) is 16.1. The lowest BCUT2D eigenvalue weighted by Gasteiger charge is -2.20. The van der Waals surface area contributed by atoms with E-state index in [2.05, 4.69) is 15.5 Å². The number of benzene rings is 1. The van der Waals surface area contributed by atoms with E-state index in [-0.39, 0.29) is 11.9 Å². The Morgan fingerprint density at radius 2 is 2.27 bits per heavy atom. The van der Waals surface area contributed by atoms with Gasteiger partial charge in [-0.3, -0.25) is 4.79 Å². The molecule has 22 heavy (non-hydrogen) atoms. The number of aromatic nitrogens is 2. The van der Waals surface area contributed by atoms with Crippen LogP contribution in [0.3, 0.4) is 0 Å². The number of hydrogen-bond acceptors (Lipinski definition) is 4. The van der Waals surface area contributed by atoms with Crippen LogP contribution in [0.4, 0.5) is 0 Å². The Bertz CT molecular complexity index is 661. The molecule has 1 unspecified atom stereocenters. The molecule has 0 radical (unpaired) electrons. The number of carbonyl (C=O) groups excluding carboxylic acids is 1. The molecule has 3 rings (SSSR count). The minimum absolute atomic E-state index is 0.0705. The molecular formula is C17H21N3O2. The van der Waals surface area contributed by atoms with E-state index < -0.39 is 0 Å². The molecular weight excluding hydrogens is 278 g/mol. The molecule has 1 aliphatic rings. The van der Waals surface area contributed by atoms with Gasteiger partial charge in [0.2, 0.25) is 11.7 Å². The Morgan fingerprint density at radius 1 is 1.45 bits per heavy atom. The third kappa shape index (κ3) is 3.03. The van der Waals surface area contributed by atoms with Gasteiger partial charge in [-0.2, -0.15) is 4.98 Å². The first-order valence-corrected chi connectivity index (χ1v) is 7.92. The van der Waals surface area contributed by atoms with Gasteiger partial charge in [-0.05, 0) is 38.3 Å². The Labute approximate surface area is 130 Å². The number of amides is 1. The Morgan fingerprint density at radius 3 is 2.95 bits per heavy atom. The van der Waals surface area contributed by atoms with E-state index in [1.165, 1.54) is 6.42 Å². The molecule has 1 atom stereocenters. The summed E-state index contributed by atoms with van der Waals surface area (Å²) < 4.78 is 5.34. The van der Waals surface area contributed by atoms with E-state index in [1.54, 1.807) is 6.07 Å². The summed E-state index contributed by atoms with van der Waals surface area (Å²) in [5.41, 5.74) is 1.43. The van der Waals surface area contributed by atoms with Crippen molar-refractivity contribution in [3.05, 3.63) is 35.7 Å². The highest BCUT2D eigenvalue weighted by atomic mass is 16.5. The number of nitrogens with one attached hydrogen (secondary N) is 1. The van der Waals surface area contributed by atoms with Crippen molar-refractivity contribution in [2.45, 2.75) is 51.5 Å².